The van der Waals surface area contributed by atoms with Gasteiger partial charge in [0.15, 0.2) is 0 Å². The molecule has 0 radical (unpaired) electrons. The van der Waals surface area contributed by atoms with Crippen molar-refractivity contribution in [2.75, 3.05) is 7.11 Å². The molecule has 8 nitrogen and oxygen atoms in total. The summed E-state index contributed by atoms with van der Waals surface area (Å²) < 4.78 is 67.6. The molecule has 1 aliphatic rings. The van der Waals surface area contributed by atoms with Crippen LogP contribution in [0.2, 0.25) is 0 Å². The summed E-state index contributed by atoms with van der Waals surface area (Å²) >= 11 is 0. The number of hydrogen-bond acceptors (Lipinski definition) is 8. The zero-order valence-electron chi connectivity index (χ0n) is 29.9. The maximum atomic E-state index is 14.9. The maximum Gasteiger partial charge on any atom is 0.401 e. The Hall–Kier alpha value is -3.57. The molecule has 1 saturated carbocycles. The van der Waals surface area contributed by atoms with E-state index in [0.717, 1.165) is 38.2 Å². The van der Waals surface area contributed by atoms with Crippen LogP contribution in [0.1, 0.15) is 92.6 Å². The van der Waals surface area contributed by atoms with Gasteiger partial charge in [0.05, 0.1) is 18.1 Å². The molecule has 270 valence electrons. The van der Waals surface area contributed by atoms with Crippen LogP contribution in [0.25, 0.3) is 22.1 Å². The smallest absolute Gasteiger partial charge is 0.401 e. The van der Waals surface area contributed by atoms with Crippen LogP contribution in [0.5, 0.6) is 11.5 Å². The van der Waals surface area contributed by atoms with Crippen LogP contribution in [0.4, 0.5) is 13.2 Å². The number of carbonyl (C=O) groups is 1. The van der Waals surface area contributed by atoms with Crippen LogP contribution >= 0.6 is 0 Å². The number of benzene rings is 2. The lowest BCUT2D eigenvalue weighted by Crippen LogP contribution is -2.59. The third-order valence-corrected chi connectivity index (χ3v) is 10.2. The normalized spacial score (nSPS) is 21.4. The van der Waals surface area contributed by atoms with Crippen molar-refractivity contribution in [2.45, 2.75) is 123 Å². The predicted molar refractivity (Wildman–Crippen MR) is 185 cm³/mol. The molecule has 1 fully saturated rings. The van der Waals surface area contributed by atoms with Crippen molar-refractivity contribution in [2.24, 2.45) is 22.3 Å². The molecule has 1 aromatic heterocycles. The van der Waals surface area contributed by atoms with Gasteiger partial charge in [0.2, 0.25) is 0 Å². The third kappa shape index (κ3) is 7.93. The third-order valence-electron chi connectivity index (χ3n) is 10.2. The first-order valence-corrected chi connectivity index (χ1v) is 16.9. The van der Waals surface area contributed by atoms with Gasteiger partial charge in [0, 0.05) is 28.1 Å². The van der Waals surface area contributed by atoms with E-state index < -0.39 is 51.9 Å². The Morgan fingerprint density at radius 1 is 0.959 bits per heavy atom. The van der Waals surface area contributed by atoms with Gasteiger partial charge < -0.3 is 30.1 Å². The second kappa shape index (κ2) is 14.0. The highest BCUT2D eigenvalue weighted by Gasteiger charge is 2.67. The Kier molecular flexibility index (Phi) is 10.9. The average molecular weight is 689 g/mol. The molecule has 1 aliphatic carbocycles. The summed E-state index contributed by atoms with van der Waals surface area (Å²) in [5, 5.41) is 0.555. The second-order valence-corrected chi connectivity index (χ2v) is 15.2. The molecule has 3 aromatic rings. The topological polar surface area (TPSA) is 127 Å². The number of carbonyl (C=O) groups excluding carboxylic acids is 1. The molecule has 11 heteroatoms. The van der Waals surface area contributed by atoms with Crippen molar-refractivity contribution in [1.82, 2.24) is 0 Å². The maximum absolute atomic E-state index is 14.9. The zero-order chi connectivity index (χ0) is 36.6. The van der Waals surface area contributed by atoms with Crippen molar-refractivity contribution in [3.63, 3.8) is 0 Å². The number of methoxy groups -OCH3 is 1. The summed E-state index contributed by atoms with van der Waals surface area (Å²) in [7, 11) is 1.54. The van der Waals surface area contributed by atoms with E-state index in [1.54, 1.807) is 53.9 Å². The lowest BCUT2D eigenvalue weighted by Gasteiger charge is -2.45. The molecule has 4 N–H and O–H groups in total. The van der Waals surface area contributed by atoms with Crippen molar-refractivity contribution >= 4 is 16.9 Å². The summed E-state index contributed by atoms with van der Waals surface area (Å²) in [5.74, 6) is -0.209. The number of rotatable bonds is 13. The Morgan fingerprint density at radius 2 is 1.63 bits per heavy atom. The van der Waals surface area contributed by atoms with Crippen LogP contribution < -0.4 is 26.6 Å². The fourth-order valence-corrected chi connectivity index (χ4v) is 6.78. The minimum atomic E-state index is -4.79. The first-order valence-electron chi connectivity index (χ1n) is 16.9. The quantitative estimate of drug-likeness (QED) is 0.105. The number of unbranched alkanes of at least 4 members (excludes halogenated alkanes) is 2. The molecule has 49 heavy (non-hydrogen) atoms. The predicted octanol–water partition coefficient (Wildman–Crippen LogP) is 8.09. The van der Waals surface area contributed by atoms with E-state index in [0.29, 0.717) is 22.3 Å². The summed E-state index contributed by atoms with van der Waals surface area (Å²) in [6.07, 6.45) is -3.54. The number of nitrogens with two attached hydrogens (primary N) is 2. The number of ether oxygens (including phenoxy) is 3. The Balaban J connectivity index is 1.61. The van der Waals surface area contributed by atoms with E-state index in [-0.39, 0.29) is 30.6 Å². The Labute approximate surface area is 286 Å². The highest BCUT2D eigenvalue weighted by molar-refractivity contribution is 5.84. The van der Waals surface area contributed by atoms with E-state index in [4.69, 9.17) is 30.1 Å². The summed E-state index contributed by atoms with van der Waals surface area (Å²) in [6, 6.07) is 12.0. The van der Waals surface area contributed by atoms with Gasteiger partial charge in [-0.3, -0.25) is 4.79 Å². The van der Waals surface area contributed by atoms with E-state index in [1.165, 1.54) is 12.1 Å². The van der Waals surface area contributed by atoms with E-state index >= 15 is 0 Å². The SMILES string of the molecule is CCCCCc1ccc(-c2cc3ccc(OC4CCC(OC(=O)C(C)(CC(C)(C)N)C(C)(C)N)C4(C)C(F)(F)F)cc3oc2=O)c(OC)c1. The first kappa shape index (κ1) is 38.2. The molecule has 0 saturated heterocycles. The Morgan fingerprint density at radius 3 is 2.22 bits per heavy atom. The van der Waals surface area contributed by atoms with Gasteiger partial charge in [-0.15, -0.1) is 0 Å². The van der Waals surface area contributed by atoms with Crippen molar-refractivity contribution in [1.29, 1.82) is 0 Å². The number of aryl methyl sites for hydroxylation is 1. The molecule has 4 unspecified atom stereocenters. The monoisotopic (exact) mass is 688 g/mol. The molecule has 0 amide bonds. The Bertz CT molecular complexity index is 1710. The van der Waals surface area contributed by atoms with E-state index in [1.807, 2.05) is 18.2 Å². The van der Waals surface area contributed by atoms with Crippen LogP contribution in [-0.4, -0.2) is 42.5 Å². The molecular weight excluding hydrogens is 637 g/mol. The number of hydrogen-bond donors (Lipinski definition) is 2. The molecular formula is C38H51F3N2O6. The fraction of sp³-hybridized carbons (Fsp3) is 0.579. The standard InChI is InChI=1S/C38H51F3N2O6/c1-9-10-11-12-23-13-16-26(29(19-23)46-8)27-20-24-14-15-25(21-28(24)48-32(27)44)47-30-17-18-31(37(30,7)38(39,40)41)49-33(45)36(6,35(4,5)43)22-34(2,3)42/h13-16,19-21,30-31H,9-12,17-18,22,42-43H2,1-8H3. The first-order chi connectivity index (χ1) is 22.6. The largest absolute Gasteiger partial charge is 0.496 e. The summed E-state index contributed by atoms with van der Waals surface area (Å²) in [5.41, 5.74) is 8.23. The van der Waals surface area contributed by atoms with Crippen LogP contribution in [0.3, 0.4) is 0 Å². The van der Waals surface area contributed by atoms with E-state index in [2.05, 4.69) is 6.92 Å². The fourth-order valence-electron chi connectivity index (χ4n) is 6.78. The van der Waals surface area contributed by atoms with Crippen LogP contribution in [0, 0.1) is 10.8 Å². The summed E-state index contributed by atoms with van der Waals surface area (Å²) in [6.45, 7) is 11.4. The highest BCUT2D eigenvalue weighted by Crippen LogP contribution is 2.54. The van der Waals surface area contributed by atoms with Gasteiger partial charge >= 0.3 is 17.8 Å². The minimum Gasteiger partial charge on any atom is -0.496 e. The van der Waals surface area contributed by atoms with Gasteiger partial charge in [-0.05, 0) is 103 Å². The van der Waals surface area contributed by atoms with Gasteiger partial charge in [-0.25, -0.2) is 4.79 Å². The molecule has 2 aromatic carbocycles. The molecule has 0 spiro atoms. The molecule has 0 bridgehead atoms. The zero-order valence-corrected chi connectivity index (χ0v) is 29.9. The number of alkyl halides is 3. The van der Waals surface area contributed by atoms with Crippen molar-refractivity contribution < 1.29 is 36.6 Å². The van der Waals surface area contributed by atoms with Gasteiger partial charge in [-0.2, -0.15) is 13.2 Å². The molecule has 4 rings (SSSR count). The average Bonchev–Trinajstić information content (AvgIpc) is 3.30. The van der Waals surface area contributed by atoms with Crippen LogP contribution in [-0.2, 0) is 16.0 Å². The highest BCUT2D eigenvalue weighted by atomic mass is 19.4. The lowest BCUT2D eigenvalue weighted by molar-refractivity contribution is -0.265. The summed E-state index contributed by atoms with van der Waals surface area (Å²) in [4.78, 5) is 26.8. The van der Waals surface area contributed by atoms with E-state index in [9.17, 15) is 22.8 Å². The number of halogens is 3. The molecule has 1 heterocycles. The number of fused-ring (bicyclic) bond motifs is 1. The van der Waals surface area contributed by atoms with Crippen molar-refractivity contribution in [3.8, 4) is 22.6 Å². The lowest BCUT2D eigenvalue weighted by atomic mass is 9.67. The van der Waals surface area contributed by atoms with Gasteiger partial charge in [-0.1, -0.05) is 31.9 Å². The molecule has 0 aliphatic heterocycles. The molecule has 4 atom stereocenters. The minimum absolute atomic E-state index is 0.0335. The van der Waals surface area contributed by atoms with Crippen molar-refractivity contribution in [3.05, 3.63) is 58.4 Å². The number of esters is 1. The van der Waals surface area contributed by atoms with Crippen LogP contribution in [0.15, 0.2) is 51.7 Å². The second-order valence-electron chi connectivity index (χ2n) is 15.2. The van der Waals surface area contributed by atoms with Gasteiger partial charge in [0.25, 0.3) is 0 Å². The van der Waals surface area contributed by atoms with Gasteiger partial charge in [0.1, 0.15) is 34.7 Å².